The summed E-state index contributed by atoms with van der Waals surface area (Å²) >= 11 is 1.28. The molecule has 0 saturated heterocycles. The minimum absolute atomic E-state index is 0.0623. The third-order valence-corrected chi connectivity index (χ3v) is 6.40. The summed E-state index contributed by atoms with van der Waals surface area (Å²) in [5.74, 6) is 0.870. The predicted molar refractivity (Wildman–Crippen MR) is 131 cm³/mol. The number of aromatic nitrogens is 1. The Morgan fingerprint density at radius 2 is 1.71 bits per heavy atom. The first-order chi connectivity index (χ1) is 16.5. The van der Waals surface area contributed by atoms with E-state index in [4.69, 9.17) is 14.2 Å². The Morgan fingerprint density at radius 1 is 1.09 bits per heavy atom. The Morgan fingerprint density at radius 3 is 2.29 bits per heavy atom. The van der Waals surface area contributed by atoms with Gasteiger partial charge in [0, 0.05) is 0 Å². The molecule has 0 unspecified atom stereocenters. The van der Waals surface area contributed by atoms with Crippen LogP contribution in [0.4, 0.5) is 0 Å². The van der Waals surface area contributed by atoms with Crippen LogP contribution in [0.25, 0.3) is 6.08 Å². The van der Waals surface area contributed by atoms with E-state index in [1.54, 1.807) is 37.8 Å². The number of ether oxygens (including phenoxy) is 3. The van der Waals surface area contributed by atoms with E-state index in [1.807, 2.05) is 42.5 Å². The van der Waals surface area contributed by atoms with Crippen molar-refractivity contribution >= 4 is 23.4 Å². The molecule has 3 aromatic rings. The predicted octanol–water partition coefficient (Wildman–Crippen LogP) is 2.98. The highest BCUT2D eigenvalue weighted by molar-refractivity contribution is 7.07. The molecule has 174 valence electrons. The molecule has 0 N–H and O–H groups in total. The summed E-state index contributed by atoms with van der Waals surface area (Å²) in [6.45, 7) is 5.41. The zero-order valence-corrected chi connectivity index (χ0v) is 19.9. The molecule has 4 rings (SSSR count). The van der Waals surface area contributed by atoms with Crippen molar-refractivity contribution < 1.29 is 19.0 Å². The SMILES string of the molecule is C=CCOC(=O)C1=C(C)N=c2s/c(=C/c3ccc(OC)cc3)c(=O)n2[C@H]1c1ccc(OC)cc1. The van der Waals surface area contributed by atoms with E-state index < -0.39 is 12.0 Å². The largest absolute Gasteiger partial charge is 0.497 e. The molecule has 8 heteroatoms. The van der Waals surface area contributed by atoms with Crippen LogP contribution in [0, 0.1) is 0 Å². The van der Waals surface area contributed by atoms with Crippen LogP contribution in [-0.2, 0) is 9.53 Å². The summed E-state index contributed by atoms with van der Waals surface area (Å²) in [5, 5.41) is 0. The molecule has 1 aromatic heterocycles. The quantitative estimate of drug-likeness (QED) is 0.387. The number of nitrogens with zero attached hydrogens (tertiary/aromatic N) is 2. The number of benzene rings is 2. The van der Waals surface area contributed by atoms with Crippen LogP contribution in [-0.4, -0.2) is 31.4 Å². The Hall–Kier alpha value is -3.91. The fourth-order valence-corrected chi connectivity index (χ4v) is 4.79. The van der Waals surface area contributed by atoms with Crippen LogP contribution in [0.2, 0.25) is 0 Å². The number of methoxy groups -OCH3 is 2. The van der Waals surface area contributed by atoms with E-state index in [-0.39, 0.29) is 12.2 Å². The van der Waals surface area contributed by atoms with Crippen molar-refractivity contribution in [3.05, 3.63) is 103 Å². The smallest absolute Gasteiger partial charge is 0.338 e. The number of thiazole rings is 1. The average Bonchev–Trinajstić information content (AvgIpc) is 3.16. The van der Waals surface area contributed by atoms with E-state index >= 15 is 0 Å². The van der Waals surface area contributed by atoms with Crippen LogP contribution in [0.1, 0.15) is 24.1 Å². The van der Waals surface area contributed by atoms with E-state index in [2.05, 4.69) is 11.6 Å². The highest BCUT2D eigenvalue weighted by Gasteiger charge is 2.33. The van der Waals surface area contributed by atoms with Gasteiger partial charge in [0.05, 0.1) is 36.1 Å². The first-order valence-electron chi connectivity index (χ1n) is 10.6. The van der Waals surface area contributed by atoms with Gasteiger partial charge < -0.3 is 14.2 Å². The molecule has 1 aliphatic heterocycles. The van der Waals surface area contributed by atoms with Gasteiger partial charge >= 0.3 is 5.97 Å². The summed E-state index contributed by atoms with van der Waals surface area (Å²) in [4.78, 5) is 31.7. The lowest BCUT2D eigenvalue weighted by Gasteiger charge is -2.24. The number of rotatable bonds is 7. The molecule has 7 nitrogen and oxygen atoms in total. The topological polar surface area (TPSA) is 79.1 Å². The van der Waals surface area contributed by atoms with Gasteiger partial charge in [0.2, 0.25) is 0 Å². The molecule has 0 spiro atoms. The van der Waals surface area contributed by atoms with Crippen LogP contribution in [0.3, 0.4) is 0 Å². The zero-order valence-electron chi connectivity index (χ0n) is 19.1. The maximum absolute atomic E-state index is 13.6. The number of hydrogen-bond acceptors (Lipinski definition) is 7. The molecular weight excluding hydrogens is 452 g/mol. The molecule has 1 atom stereocenters. The standard InChI is InChI=1S/C26H24N2O5S/c1-5-14-33-25(30)22-16(2)27-26-28(23(22)18-8-12-20(32-4)13-9-18)24(29)21(34-26)15-17-6-10-19(31-3)11-7-17/h5-13,15,23H,1,14H2,2-4H3/b21-15+/t23-/m0/s1. The van der Waals surface area contributed by atoms with E-state index in [1.165, 1.54) is 17.4 Å². The fraction of sp³-hybridized carbons (Fsp3) is 0.192. The molecule has 2 aromatic carbocycles. The Balaban J connectivity index is 1.89. The lowest BCUT2D eigenvalue weighted by molar-refractivity contribution is -0.138. The van der Waals surface area contributed by atoms with Crippen molar-refractivity contribution in [1.29, 1.82) is 0 Å². The molecule has 34 heavy (non-hydrogen) atoms. The first-order valence-corrected chi connectivity index (χ1v) is 11.4. The molecule has 0 amide bonds. The highest BCUT2D eigenvalue weighted by atomic mass is 32.1. The van der Waals surface area contributed by atoms with Gasteiger partial charge in [-0.3, -0.25) is 9.36 Å². The van der Waals surface area contributed by atoms with Gasteiger partial charge in [-0.05, 0) is 48.4 Å². The van der Waals surface area contributed by atoms with Gasteiger partial charge in [0.15, 0.2) is 4.80 Å². The van der Waals surface area contributed by atoms with Crippen molar-refractivity contribution in [2.45, 2.75) is 13.0 Å². The summed E-state index contributed by atoms with van der Waals surface area (Å²) in [5.41, 5.74) is 2.19. The third-order valence-electron chi connectivity index (χ3n) is 5.42. The van der Waals surface area contributed by atoms with Crippen LogP contribution in [0.15, 0.2) is 82.2 Å². The van der Waals surface area contributed by atoms with Gasteiger partial charge in [-0.1, -0.05) is 48.3 Å². The summed E-state index contributed by atoms with van der Waals surface area (Å²) in [6.07, 6.45) is 3.31. The Kier molecular flexibility index (Phi) is 6.79. The molecule has 1 aliphatic rings. The molecule has 0 bridgehead atoms. The lowest BCUT2D eigenvalue weighted by Crippen LogP contribution is -2.39. The summed E-state index contributed by atoms with van der Waals surface area (Å²) in [7, 11) is 3.19. The monoisotopic (exact) mass is 476 g/mol. The fourth-order valence-electron chi connectivity index (χ4n) is 3.75. The third kappa shape index (κ3) is 4.45. The maximum Gasteiger partial charge on any atom is 0.338 e. The molecule has 0 fully saturated rings. The van der Waals surface area contributed by atoms with Gasteiger partial charge in [0.1, 0.15) is 18.1 Å². The van der Waals surface area contributed by atoms with Crippen LogP contribution in [0.5, 0.6) is 11.5 Å². The minimum Gasteiger partial charge on any atom is -0.497 e. The van der Waals surface area contributed by atoms with Crippen molar-refractivity contribution in [3.63, 3.8) is 0 Å². The molecule has 2 heterocycles. The summed E-state index contributed by atoms with van der Waals surface area (Å²) < 4.78 is 17.9. The zero-order chi connectivity index (χ0) is 24.2. The number of allylic oxidation sites excluding steroid dienone is 1. The van der Waals surface area contributed by atoms with Crippen molar-refractivity contribution in [2.24, 2.45) is 4.99 Å². The number of carbonyl (C=O) groups is 1. The Bertz CT molecular complexity index is 1430. The second kappa shape index (κ2) is 9.93. The van der Waals surface area contributed by atoms with Crippen LogP contribution < -0.4 is 24.4 Å². The molecule has 0 radical (unpaired) electrons. The van der Waals surface area contributed by atoms with Gasteiger partial charge in [-0.25, -0.2) is 9.79 Å². The number of carbonyl (C=O) groups excluding carboxylic acids is 1. The maximum atomic E-state index is 13.6. The van der Waals surface area contributed by atoms with Gasteiger partial charge in [-0.2, -0.15) is 0 Å². The van der Waals surface area contributed by atoms with Crippen molar-refractivity contribution in [1.82, 2.24) is 4.57 Å². The molecule has 0 saturated carbocycles. The second-order valence-electron chi connectivity index (χ2n) is 7.52. The number of fused-ring (bicyclic) bond motifs is 1. The molecule has 0 aliphatic carbocycles. The number of hydrogen-bond donors (Lipinski definition) is 0. The van der Waals surface area contributed by atoms with Crippen molar-refractivity contribution in [3.8, 4) is 11.5 Å². The van der Waals surface area contributed by atoms with Gasteiger partial charge in [-0.15, -0.1) is 0 Å². The van der Waals surface area contributed by atoms with Crippen LogP contribution >= 0.6 is 11.3 Å². The van der Waals surface area contributed by atoms with Gasteiger partial charge in [0.25, 0.3) is 5.56 Å². The van der Waals surface area contributed by atoms with Crippen molar-refractivity contribution in [2.75, 3.05) is 20.8 Å². The highest BCUT2D eigenvalue weighted by Crippen LogP contribution is 2.31. The molecular formula is C26H24N2O5S. The first kappa shape index (κ1) is 23.3. The second-order valence-corrected chi connectivity index (χ2v) is 8.52. The minimum atomic E-state index is -0.683. The summed E-state index contributed by atoms with van der Waals surface area (Å²) in [6, 6.07) is 14.0. The average molecular weight is 477 g/mol. The Labute approximate surface area is 200 Å². The number of esters is 1. The lowest BCUT2D eigenvalue weighted by atomic mass is 9.96. The normalized spacial score (nSPS) is 15.4. The van der Waals surface area contributed by atoms with E-state index in [9.17, 15) is 9.59 Å². The van der Waals surface area contributed by atoms with E-state index in [0.717, 1.165) is 16.9 Å². The van der Waals surface area contributed by atoms with E-state index in [0.29, 0.717) is 26.4 Å².